The van der Waals surface area contributed by atoms with Gasteiger partial charge < -0.3 is 10.8 Å². The van der Waals surface area contributed by atoms with Gasteiger partial charge in [-0.1, -0.05) is 25.7 Å². The number of hydrogen-bond donors (Lipinski definition) is 2. The molecule has 0 atom stereocenters. The van der Waals surface area contributed by atoms with Crippen LogP contribution in [-0.2, 0) is 11.3 Å². The summed E-state index contributed by atoms with van der Waals surface area (Å²) in [5.41, 5.74) is 6.19. The van der Waals surface area contributed by atoms with Crippen molar-refractivity contribution < 1.29 is 9.90 Å². The van der Waals surface area contributed by atoms with Gasteiger partial charge in [-0.3, -0.25) is 9.69 Å². The van der Waals surface area contributed by atoms with E-state index in [0.29, 0.717) is 12.5 Å². The van der Waals surface area contributed by atoms with Crippen LogP contribution in [0.5, 0.6) is 0 Å². The minimum absolute atomic E-state index is 0.147. The first-order chi connectivity index (χ1) is 9.02. The van der Waals surface area contributed by atoms with Gasteiger partial charge in [0.1, 0.15) is 6.61 Å². The summed E-state index contributed by atoms with van der Waals surface area (Å²) in [5.74, 6) is 5.72. The number of nitrogens with zero attached hydrogens (tertiary/aromatic N) is 1. The zero-order valence-corrected chi connectivity index (χ0v) is 12.2. The molecule has 1 heterocycles. The predicted octanol–water partition coefficient (Wildman–Crippen LogP) is 1.04. The number of aliphatic hydroxyl groups is 1. The molecular formula is C14H20N2O2S. The molecule has 0 aromatic carbocycles. The minimum Gasteiger partial charge on any atom is -0.384 e. The Kier molecular flexibility index (Phi) is 6.57. The highest BCUT2D eigenvalue weighted by atomic mass is 32.1. The quantitative estimate of drug-likeness (QED) is 0.765. The Morgan fingerprint density at radius 1 is 1.58 bits per heavy atom. The molecule has 104 valence electrons. The zero-order chi connectivity index (χ0) is 14.3. The topological polar surface area (TPSA) is 66.6 Å². The van der Waals surface area contributed by atoms with Crippen LogP contribution in [0.15, 0.2) is 11.4 Å². The van der Waals surface area contributed by atoms with Gasteiger partial charge in [0.15, 0.2) is 0 Å². The highest BCUT2D eigenvalue weighted by Gasteiger charge is 2.13. The van der Waals surface area contributed by atoms with Crippen LogP contribution in [0.25, 0.3) is 0 Å². The average molecular weight is 280 g/mol. The van der Waals surface area contributed by atoms with Gasteiger partial charge in [-0.15, -0.1) is 11.3 Å². The molecule has 0 spiro atoms. The molecular weight excluding hydrogens is 260 g/mol. The van der Waals surface area contributed by atoms with E-state index < -0.39 is 0 Å². The van der Waals surface area contributed by atoms with E-state index in [1.165, 1.54) is 0 Å². The van der Waals surface area contributed by atoms with Crippen LogP contribution in [-0.4, -0.2) is 35.6 Å². The molecule has 0 saturated carbocycles. The fraction of sp³-hybridized carbons (Fsp3) is 0.500. The Labute approximate surface area is 118 Å². The first-order valence-corrected chi connectivity index (χ1v) is 7.07. The largest absolute Gasteiger partial charge is 0.384 e. The van der Waals surface area contributed by atoms with Gasteiger partial charge in [0.05, 0.1) is 6.54 Å². The second-order valence-corrected chi connectivity index (χ2v) is 5.75. The molecule has 19 heavy (non-hydrogen) atoms. The molecule has 4 nitrogen and oxygen atoms in total. The van der Waals surface area contributed by atoms with Crippen molar-refractivity contribution in [3.8, 4) is 11.8 Å². The normalized spacial score (nSPS) is 10.6. The molecule has 0 aliphatic heterocycles. The Morgan fingerprint density at radius 3 is 2.89 bits per heavy atom. The van der Waals surface area contributed by atoms with Crippen LogP contribution in [0.3, 0.4) is 0 Å². The van der Waals surface area contributed by atoms with Crippen LogP contribution in [0.4, 0.5) is 0 Å². The molecule has 0 aliphatic rings. The first kappa shape index (κ1) is 15.7. The van der Waals surface area contributed by atoms with Crippen molar-refractivity contribution in [3.05, 3.63) is 21.9 Å². The van der Waals surface area contributed by atoms with E-state index in [1.807, 2.05) is 16.3 Å². The van der Waals surface area contributed by atoms with Crippen LogP contribution < -0.4 is 5.73 Å². The van der Waals surface area contributed by atoms with E-state index in [9.17, 15) is 4.79 Å². The second kappa shape index (κ2) is 7.95. The molecule has 0 aliphatic carbocycles. The third kappa shape index (κ3) is 5.88. The van der Waals surface area contributed by atoms with Gasteiger partial charge in [0.25, 0.3) is 0 Å². The lowest BCUT2D eigenvalue weighted by atomic mass is 10.2. The maximum absolute atomic E-state index is 11.1. The van der Waals surface area contributed by atoms with Crippen molar-refractivity contribution in [2.45, 2.75) is 20.4 Å². The average Bonchev–Trinajstić information content (AvgIpc) is 2.72. The lowest BCUT2D eigenvalue weighted by Gasteiger charge is -2.22. The molecule has 0 saturated heterocycles. The first-order valence-electron chi connectivity index (χ1n) is 6.19. The molecule has 0 bridgehead atoms. The molecule has 5 heteroatoms. The highest BCUT2D eigenvalue weighted by Crippen LogP contribution is 2.18. The van der Waals surface area contributed by atoms with Crippen molar-refractivity contribution in [2.75, 3.05) is 19.7 Å². The van der Waals surface area contributed by atoms with Crippen molar-refractivity contribution in [1.29, 1.82) is 0 Å². The molecule has 1 amide bonds. The molecule has 0 fully saturated rings. The molecule has 1 rings (SSSR count). The predicted molar refractivity (Wildman–Crippen MR) is 77.6 cm³/mol. The molecule has 0 radical (unpaired) electrons. The number of carbonyl (C=O) groups is 1. The van der Waals surface area contributed by atoms with Crippen LogP contribution >= 0.6 is 11.3 Å². The Hall–Kier alpha value is -1.35. The third-order valence-electron chi connectivity index (χ3n) is 2.42. The van der Waals surface area contributed by atoms with Gasteiger partial charge in [-0.25, -0.2) is 0 Å². The van der Waals surface area contributed by atoms with E-state index in [4.69, 9.17) is 10.8 Å². The van der Waals surface area contributed by atoms with Gasteiger partial charge in [-0.2, -0.15) is 0 Å². The number of aliphatic hydroxyl groups excluding tert-OH is 1. The summed E-state index contributed by atoms with van der Waals surface area (Å²) < 4.78 is 0. The van der Waals surface area contributed by atoms with E-state index in [2.05, 4.69) is 25.7 Å². The summed E-state index contributed by atoms with van der Waals surface area (Å²) >= 11 is 1.60. The maximum atomic E-state index is 11.1. The number of nitrogens with two attached hydrogens (primary N) is 1. The van der Waals surface area contributed by atoms with Gasteiger partial charge >= 0.3 is 0 Å². The highest BCUT2D eigenvalue weighted by molar-refractivity contribution is 7.10. The monoisotopic (exact) mass is 280 g/mol. The fourth-order valence-electron chi connectivity index (χ4n) is 1.83. The lowest BCUT2D eigenvalue weighted by Crippen LogP contribution is -2.35. The molecule has 1 aromatic rings. The summed E-state index contributed by atoms with van der Waals surface area (Å²) in [6.45, 7) is 5.79. The summed E-state index contributed by atoms with van der Waals surface area (Å²) in [7, 11) is 0. The van der Waals surface area contributed by atoms with Gasteiger partial charge in [-0.05, 0) is 17.4 Å². The summed E-state index contributed by atoms with van der Waals surface area (Å²) in [5, 5.41) is 10.7. The van der Waals surface area contributed by atoms with Crippen LogP contribution in [0, 0.1) is 17.8 Å². The SMILES string of the molecule is CC(C)CN(CC(N)=O)Cc1sccc1C#CCO. The van der Waals surface area contributed by atoms with Gasteiger partial charge in [0.2, 0.25) is 5.91 Å². The van der Waals surface area contributed by atoms with E-state index in [0.717, 1.165) is 17.0 Å². The minimum atomic E-state index is -0.319. The van der Waals surface area contributed by atoms with E-state index >= 15 is 0 Å². The Morgan fingerprint density at radius 2 is 2.32 bits per heavy atom. The molecule has 0 unspecified atom stereocenters. The third-order valence-corrected chi connectivity index (χ3v) is 3.32. The number of primary amides is 1. The molecule has 1 aromatic heterocycles. The Bertz CT molecular complexity index is 471. The molecule has 3 N–H and O–H groups in total. The second-order valence-electron chi connectivity index (χ2n) is 4.75. The number of amides is 1. The smallest absolute Gasteiger partial charge is 0.231 e. The maximum Gasteiger partial charge on any atom is 0.231 e. The van der Waals surface area contributed by atoms with Gasteiger partial charge in [0, 0.05) is 23.5 Å². The standard InChI is InChI=1S/C14H20N2O2S/c1-11(2)8-16(10-14(15)18)9-13-12(4-3-6-17)5-7-19-13/h5,7,11,17H,6,8-10H2,1-2H3,(H2,15,18). The number of rotatable bonds is 6. The van der Waals surface area contributed by atoms with Crippen molar-refractivity contribution in [2.24, 2.45) is 11.7 Å². The fourth-order valence-corrected chi connectivity index (χ4v) is 2.71. The van der Waals surface area contributed by atoms with Crippen molar-refractivity contribution >= 4 is 17.2 Å². The summed E-state index contributed by atoms with van der Waals surface area (Å²) in [6.07, 6.45) is 0. The van der Waals surface area contributed by atoms with E-state index in [-0.39, 0.29) is 19.1 Å². The number of thiophene rings is 1. The summed E-state index contributed by atoms with van der Waals surface area (Å²) in [4.78, 5) is 14.2. The summed E-state index contributed by atoms with van der Waals surface area (Å²) in [6, 6.07) is 1.93. The van der Waals surface area contributed by atoms with Crippen molar-refractivity contribution in [1.82, 2.24) is 4.90 Å². The number of hydrogen-bond acceptors (Lipinski definition) is 4. The van der Waals surface area contributed by atoms with E-state index in [1.54, 1.807) is 11.3 Å². The van der Waals surface area contributed by atoms with Crippen molar-refractivity contribution in [3.63, 3.8) is 0 Å². The van der Waals surface area contributed by atoms with Crippen LogP contribution in [0.1, 0.15) is 24.3 Å². The number of carbonyl (C=O) groups excluding carboxylic acids is 1. The Balaban J connectivity index is 2.77. The lowest BCUT2D eigenvalue weighted by molar-refractivity contribution is -0.119. The zero-order valence-electron chi connectivity index (χ0n) is 11.3. The van der Waals surface area contributed by atoms with Crippen LogP contribution in [0.2, 0.25) is 0 Å².